The van der Waals surface area contributed by atoms with E-state index in [1.807, 2.05) is 12.1 Å². The molecule has 1 N–H and O–H groups in total. The van der Waals surface area contributed by atoms with Crippen LogP contribution in [0.1, 0.15) is 17.0 Å². The van der Waals surface area contributed by atoms with Gasteiger partial charge in [-0.15, -0.1) is 12.4 Å². The molecule has 1 aliphatic rings. The van der Waals surface area contributed by atoms with Gasteiger partial charge in [0.2, 0.25) is 0 Å². The number of aromatic nitrogens is 1. The second kappa shape index (κ2) is 6.85. The van der Waals surface area contributed by atoms with Crippen LogP contribution in [0.5, 0.6) is 0 Å². The summed E-state index contributed by atoms with van der Waals surface area (Å²) in [5.41, 5.74) is 0.568. The van der Waals surface area contributed by atoms with Crippen molar-refractivity contribution < 1.29 is 21.6 Å². The Morgan fingerprint density at radius 3 is 2.41 bits per heavy atom. The van der Waals surface area contributed by atoms with Crippen LogP contribution in [-0.4, -0.2) is 25.5 Å². The molecular weight excluding hydrogens is 401 g/mol. The Bertz CT molecular complexity index is 1090. The van der Waals surface area contributed by atoms with E-state index in [-0.39, 0.29) is 12.4 Å². The van der Waals surface area contributed by atoms with Gasteiger partial charge in [-0.05, 0) is 42.0 Å². The lowest BCUT2D eigenvalue weighted by Gasteiger charge is -2.27. The summed E-state index contributed by atoms with van der Waals surface area (Å²) >= 11 is 0. The summed E-state index contributed by atoms with van der Waals surface area (Å²) in [5, 5.41) is 3.92. The van der Waals surface area contributed by atoms with E-state index in [0.29, 0.717) is 17.5 Å². The molecule has 3 aromatic rings. The molecule has 27 heavy (non-hydrogen) atoms. The summed E-state index contributed by atoms with van der Waals surface area (Å²) in [6.45, 7) is 1.77. The van der Waals surface area contributed by atoms with Crippen molar-refractivity contribution in [3.63, 3.8) is 0 Å². The van der Waals surface area contributed by atoms with Crippen molar-refractivity contribution in [2.45, 2.75) is 17.0 Å². The van der Waals surface area contributed by atoms with E-state index in [1.54, 1.807) is 12.1 Å². The van der Waals surface area contributed by atoms with Crippen LogP contribution in [-0.2, 0) is 16.2 Å². The SMILES string of the molecule is Cl.O=S(=O)(c1cccc(C(F)(F)F)c1)n1ccc2cc(C3CNC3)ccc21. The minimum atomic E-state index is -4.60. The highest BCUT2D eigenvalue weighted by Gasteiger charge is 2.32. The van der Waals surface area contributed by atoms with Crippen LogP contribution in [0.3, 0.4) is 0 Å². The highest BCUT2D eigenvalue weighted by atomic mass is 35.5. The predicted molar refractivity (Wildman–Crippen MR) is 98.8 cm³/mol. The fourth-order valence-electron chi connectivity index (χ4n) is 3.07. The van der Waals surface area contributed by atoms with E-state index >= 15 is 0 Å². The van der Waals surface area contributed by atoms with Crippen molar-refractivity contribution in [2.24, 2.45) is 0 Å². The Morgan fingerprint density at radius 1 is 1.04 bits per heavy atom. The molecule has 1 fully saturated rings. The Kier molecular flexibility index (Phi) is 5.00. The number of hydrogen-bond acceptors (Lipinski definition) is 3. The topological polar surface area (TPSA) is 51.1 Å². The average molecular weight is 417 g/mol. The summed E-state index contributed by atoms with van der Waals surface area (Å²) in [5.74, 6) is 0.405. The van der Waals surface area contributed by atoms with Crippen LogP contribution in [0, 0.1) is 0 Å². The zero-order valence-corrected chi connectivity index (χ0v) is 15.5. The van der Waals surface area contributed by atoms with Gasteiger partial charge in [0.15, 0.2) is 0 Å². The average Bonchev–Trinajstić information content (AvgIpc) is 2.96. The van der Waals surface area contributed by atoms with Gasteiger partial charge in [0.1, 0.15) is 0 Å². The van der Waals surface area contributed by atoms with Gasteiger partial charge < -0.3 is 5.32 Å². The van der Waals surface area contributed by atoms with E-state index in [9.17, 15) is 21.6 Å². The van der Waals surface area contributed by atoms with E-state index in [1.165, 1.54) is 12.3 Å². The summed E-state index contributed by atoms with van der Waals surface area (Å²) in [6.07, 6.45) is -3.22. The van der Waals surface area contributed by atoms with Crippen molar-refractivity contribution >= 4 is 33.3 Å². The van der Waals surface area contributed by atoms with Crippen LogP contribution < -0.4 is 5.32 Å². The van der Waals surface area contributed by atoms with E-state index in [4.69, 9.17) is 0 Å². The number of rotatable bonds is 3. The van der Waals surface area contributed by atoms with E-state index in [0.717, 1.165) is 40.1 Å². The van der Waals surface area contributed by atoms with Gasteiger partial charge in [-0.2, -0.15) is 13.2 Å². The predicted octanol–water partition coefficient (Wildman–Crippen LogP) is 4.01. The number of nitrogens with zero attached hydrogens (tertiary/aromatic N) is 1. The molecule has 0 radical (unpaired) electrons. The van der Waals surface area contributed by atoms with Crippen LogP contribution in [0.4, 0.5) is 13.2 Å². The lowest BCUT2D eigenvalue weighted by atomic mass is 9.93. The largest absolute Gasteiger partial charge is 0.416 e. The second-order valence-electron chi connectivity index (χ2n) is 6.32. The van der Waals surface area contributed by atoms with Gasteiger partial charge >= 0.3 is 6.18 Å². The zero-order valence-electron chi connectivity index (χ0n) is 13.9. The number of halogens is 4. The summed E-state index contributed by atoms with van der Waals surface area (Å²) in [7, 11) is -4.13. The molecule has 0 aliphatic carbocycles. The maximum Gasteiger partial charge on any atom is 0.416 e. The van der Waals surface area contributed by atoms with Crippen molar-refractivity contribution in [3.05, 3.63) is 65.9 Å². The molecule has 0 spiro atoms. The second-order valence-corrected chi connectivity index (χ2v) is 8.13. The third-order valence-corrected chi connectivity index (χ3v) is 6.34. The van der Waals surface area contributed by atoms with Gasteiger partial charge in [0.25, 0.3) is 10.0 Å². The molecule has 2 aromatic carbocycles. The highest BCUT2D eigenvalue weighted by molar-refractivity contribution is 7.90. The number of nitrogens with one attached hydrogen (secondary N) is 1. The maximum absolute atomic E-state index is 12.9. The van der Waals surface area contributed by atoms with Gasteiger partial charge in [0.05, 0.1) is 16.0 Å². The first-order valence-corrected chi connectivity index (χ1v) is 9.45. The monoisotopic (exact) mass is 416 g/mol. The van der Waals surface area contributed by atoms with Crippen LogP contribution >= 0.6 is 12.4 Å². The standard InChI is InChI=1S/C18H15F3N2O2S.ClH/c19-18(20,21)15-2-1-3-16(9-15)26(24,25)23-7-6-13-8-12(4-5-17(13)23)14-10-22-11-14;/h1-9,14,22H,10-11H2;1H. The fourth-order valence-corrected chi connectivity index (χ4v) is 4.47. The molecule has 9 heteroatoms. The van der Waals surface area contributed by atoms with E-state index in [2.05, 4.69) is 5.32 Å². The lowest BCUT2D eigenvalue weighted by molar-refractivity contribution is -0.137. The van der Waals surface area contributed by atoms with Crippen LogP contribution in [0.25, 0.3) is 10.9 Å². The third kappa shape index (κ3) is 3.44. The molecule has 0 atom stereocenters. The molecule has 4 nitrogen and oxygen atoms in total. The molecule has 0 amide bonds. The normalized spacial score (nSPS) is 15.4. The first-order chi connectivity index (χ1) is 12.3. The molecule has 1 aliphatic heterocycles. The van der Waals surface area contributed by atoms with Gasteiger partial charge in [-0.1, -0.05) is 12.1 Å². The number of fused-ring (bicyclic) bond motifs is 1. The van der Waals surface area contributed by atoms with Gasteiger partial charge in [0, 0.05) is 30.6 Å². The maximum atomic E-state index is 12.9. The summed E-state index contributed by atoms with van der Waals surface area (Å²) in [4.78, 5) is -0.392. The van der Waals surface area contributed by atoms with Gasteiger partial charge in [-0.3, -0.25) is 0 Å². The molecule has 0 saturated carbocycles. The zero-order chi connectivity index (χ0) is 18.5. The van der Waals surface area contributed by atoms with Crippen LogP contribution in [0.15, 0.2) is 59.6 Å². The Hall–Kier alpha value is -2.03. The fraction of sp³-hybridized carbons (Fsp3) is 0.222. The number of alkyl halides is 3. The molecule has 0 bridgehead atoms. The molecule has 2 heterocycles. The molecule has 1 aromatic heterocycles. The Labute approximate surface area is 160 Å². The van der Waals surface area contributed by atoms with Crippen molar-refractivity contribution in [2.75, 3.05) is 13.1 Å². The molecule has 0 unspecified atom stereocenters. The first-order valence-electron chi connectivity index (χ1n) is 8.01. The Morgan fingerprint density at radius 2 is 1.78 bits per heavy atom. The first kappa shape index (κ1) is 19.7. The number of hydrogen-bond donors (Lipinski definition) is 1. The smallest absolute Gasteiger partial charge is 0.315 e. The Balaban J connectivity index is 0.00000210. The summed E-state index contributed by atoms with van der Waals surface area (Å²) < 4.78 is 65.5. The molecule has 4 rings (SSSR count). The van der Waals surface area contributed by atoms with Crippen molar-refractivity contribution in [3.8, 4) is 0 Å². The molecular formula is C18H16ClF3N2O2S. The van der Waals surface area contributed by atoms with Crippen molar-refractivity contribution in [1.29, 1.82) is 0 Å². The third-order valence-electron chi connectivity index (χ3n) is 4.65. The van der Waals surface area contributed by atoms with Crippen molar-refractivity contribution in [1.82, 2.24) is 9.29 Å². The molecule has 144 valence electrons. The van der Waals surface area contributed by atoms with E-state index < -0.39 is 26.7 Å². The molecule has 1 saturated heterocycles. The van der Waals surface area contributed by atoms with Gasteiger partial charge in [-0.25, -0.2) is 12.4 Å². The van der Waals surface area contributed by atoms with Crippen LogP contribution in [0.2, 0.25) is 0 Å². The minimum absolute atomic E-state index is 0. The summed E-state index contributed by atoms with van der Waals surface area (Å²) in [6, 6.07) is 10.9. The number of benzene rings is 2. The minimum Gasteiger partial charge on any atom is -0.315 e. The highest BCUT2D eigenvalue weighted by Crippen LogP contribution is 2.32. The lowest BCUT2D eigenvalue weighted by Crippen LogP contribution is -2.39. The quantitative estimate of drug-likeness (QED) is 0.702.